The van der Waals surface area contributed by atoms with Crippen LogP contribution < -0.4 is 15.8 Å². The molecule has 0 aliphatic rings. The fourth-order valence-electron chi connectivity index (χ4n) is 2.18. The van der Waals surface area contributed by atoms with Crippen molar-refractivity contribution in [2.45, 2.75) is 0 Å². The van der Waals surface area contributed by atoms with Gasteiger partial charge in [-0.25, -0.2) is 0 Å². The number of methoxy groups -OCH3 is 1. The molecule has 0 bridgehead atoms. The fourth-order valence-corrected chi connectivity index (χ4v) is 2.18. The predicted octanol–water partition coefficient (Wildman–Crippen LogP) is 3.57. The summed E-state index contributed by atoms with van der Waals surface area (Å²) in [7, 11) is 1.66. The van der Waals surface area contributed by atoms with Crippen molar-refractivity contribution in [2.24, 2.45) is 0 Å². The molecule has 0 radical (unpaired) electrons. The number of nitrogen functional groups attached to an aromatic ring is 1. The molecule has 0 aliphatic carbocycles. The molecule has 3 N–H and O–H groups in total. The first-order valence-corrected chi connectivity index (χ1v) is 6.31. The SMILES string of the molecule is COc1cccc(Nc2ccc(N)c3cnccc23)c1. The monoisotopic (exact) mass is 265 g/mol. The number of pyridine rings is 1. The lowest BCUT2D eigenvalue weighted by Gasteiger charge is -2.12. The van der Waals surface area contributed by atoms with Gasteiger partial charge in [0, 0.05) is 46.3 Å². The minimum Gasteiger partial charge on any atom is -0.497 e. The lowest BCUT2D eigenvalue weighted by Crippen LogP contribution is -1.95. The number of nitrogens with one attached hydrogen (secondary N) is 1. The van der Waals surface area contributed by atoms with Crippen molar-refractivity contribution in [3.05, 3.63) is 54.9 Å². The molecule has 2 aromatic carbocycles. The molecule has 4 heteroatoms. The van der Waals surface area contributed by atoms with E-state index in [2.05, 4.69) is 10.3 Å². The normalized spacial score (nSPS) is 10.4. The molecule has 0 aliphatic heterocycles. The van der Waals surface area contributed by atoms with Gasteiger partial charge in [-0.2, -0.15) is 0 Å². The fraction of sp³-hybridized carbons (Fsp3) is 0.0625. The Morgan fingerprint density at radius 2 is 2.00 bits per heavy atom. The van der Waals surface area contributed by atoms with Gasteiger partial charge in [0.1, 0.15) is 5.75 Å². The first kappa shape index (κ1) is 12.3. The third-order valence-corrected chi connectivity index (χ3v) is 3.20. The van der Waals surface area contributed by atoms with Crippen LogP contribution in [0.25, 0.3) is 10.8 Å². The highest BCUT2D eigenvalue weighted by atomic mass is 16.5. The molecule has 0 amide bonds. The number of hydrogen-bond donors (Lipinski definition) is 2. The van der Waals surface area contributed by atoms with Gasteiger partial charge < -0.3 is 15.8 Å². The molecular formula is C16H15N3O. The summed E-state index contributed by atoms with van der Waals surface area (Å²) in [5, 5.41) is 5.37. The average Bonchev–Trinajstić information content (AvgIpc) is 2.51. The molecule has 0 spiro atoms. The van der Waals surface area contributed by atoms with Crippen molar-refractivity contribution in [2.75, 3.05) is 18.2 Å². The predicted molar refractivity (Wildman–Crippen MR) is 82.4 cm³/mol. The Bertz CT molecular complexity index is 756. The van der Waals surface area contributed by atoms with Crippen molar-refractivity contribution in [1.82, 2.24) is 4.98 Å². The van der Waals surface area contributed by atoms with Gasteiger partial charge in [-0.15, -0.1) is 0 Å². The Morgan fingerprint density at radius 1 is 1.10 bits per heavy atom. The topological polar surface area (TPSA) is 60.2 Å². The number of anilines is 3. The highest BCUT2D eigenvalue weighted by molar-refractivity contribution is 6.01. The van der Waals surface area contributed by atoms with E-state index in [1.165, 1.54) is 0 Å². The molecule has 0 fully saturated rings. The van der Waals surface area contributed by atoms with E-state index < -0.39 is 0 Å². The second-order valence-electron chi connectivity index (χ2n) is 4.48. The molecule has 1 heterocycles. The molecule has 0 atom stereocenters. The number of benzene rings is 2. The van der Waals surface area contributed by atoms with E-state index in [1.807, 2.05) is 42.5 Å². The number of fused-ring (bicyclic) bond motifs is 1. The number of nitrogens with zero attached hydrogens (tertiary/aromatic N) is 1. The molecule has 0 saturated carbocycles. The van der Waals surface area contributed by atoms with Gasteiger partial charge in [-0.1, -0.05) is 6.07 Å². The Labute approximate surface area is 117 Å². The van der Waals surface area contributed by atoms with E-state index in [1.54, 1.807) is 19.5 Å². The summed E-state index contributed by atoms with van der Waals surface area (Å²) >= 11 is 0. The minimum absolute atomic E-state index is 0.726. The maximum Gasteiger partial charge on any atom is 0.120 e. The van der Waals surface area contributed by atoms with Crippen molar-refractivity contribution < 1.29 is 4.74 Å². The molecule has 3 aromatic rings. The first-order valence-electron chi connectivity index (χ1n) is 6.31. The van der Waals surface area contributed by atoms with Gasteiger partial charge in [0.2, 0.25) is 0 Å². The molecule has 100 valence electrons. The lowest BCUT2D eigenvalue weighted by molar-refractivity contribution is 0.415. The average molecular weight is 265 g/mol. The minimum atomic E-state index is 0.726. The molecule has 4 nitrogen and oxygen atoms in total. The molecule has 20 heavy (non-hydrogen) atoms. The second kappa shape index (κ2) is 5.09. The van der Waals surface area contributed by atoms with Crippen LogP contribution in [0.3, 0.4) is 0 Å². The van der Waals surface area contributed by atoms with E-state index in [0.717, 1.165) is 33.6 Å². The number of hydrogen-bond acceptors (Lipinski definition) is 4. The highest BCUT2D eigenvalue weighted by Gasteiger charge is 2.04. The van der Waals surface area contributed by atoms with Crippen molar-refractivity contribution in [1.29, 1.82) is 0 Å². The van der Waals surface area contributed by atoms with Crippen LogP contribution in [-0.2, 0) is 0 Å². The van der Waals surface area contributed by atoms with Crippen LogP contribution in [0.4, 0.5) is 17.1 Å². The summed E-state index contributed by atoms with van der Waals surface area (Å²) < 4.78 is 5.23. The number of ether oxygens (including phenoxy) is 1. The van der Waals surface area contributed by atoms with Gasteiger partial charge in [0.15, 0.2) is 0 Å². The van der Waals surface area contributed by atoms with Crippen molar-refractivity contribution in [3.8, 4) is 5.75 Å². The molecule has 0 saturated heterocycles. The van der Waals surface area contributed by atoms with Crippen molar-refractivity contribution >= 4 is 27.8 Å². The summed E-state index contributed by atoms with van der Waals surface area (Å²) in [6.07, 6.45) is 3.54. The summed E-state index contributed by atoms with van der Waals surface area (Å²) in [4.78, 5) is 4.12. The van der Waals surface area contributed by atoms with E-state index in [0.29, 0.717) is 0 Å². The summed E-state index contributed by atoms with van der Waals surface area (Å²) in [5.74, 6) is 0.816. The van der Waals surface area contributed by atoms with Gasteiger partial charge in [0.25, 0.3) is 0 Å². The maximum absolute atomic E-state index is 5.98. The van der Waals surface area contributed by atoms with Crippen LogP contribution in [-0.4, -0.2) is 12.1 Å². The molecular weight excluding hydrogens is 250 g/mol. The largest absolute Gasteiger partial charge is 0.497 e. The van der Waals surface area contributed by atoms with Crippen LogP contribution in [0.5, 0.6) is 5.75 Å². The van der Waals surface area contributed by atoms with E-state index in [4.69, 9.17) is 10.5 Å². The van der Waals surface area contributed by atoms with Gasteiger partial charge in [0.05, 0.1) is 7.11 Å². The van der Waals surface area contributed by atoms with Crippen molar-refractivity contribution in [3.63, 3.8) is 0 Å². The first-order chi connectivity index (χ1) is 9.78. The zero-order valence-electron chi connectivity index (χ0n) is 11.1. The zero-order chi connectivity index (χ0) is 13.9. The number of rotatable bonds is 3. The van der Waals surface area contributed by atoms with E-state index in [-0.39, 0.29) is 0 Å². The van der Waals surface area contributed by atoms with Crippen LogP contribution >= 0.6 is 0 Å². The Morgan fingerprint density at radius 3 is 2.85 bits per heavy atom. The van der Waals surface area contributed by atoms with Gasteiger partial charge in [-0.3, -0.25) is 4.98 Å². The quantitative estimate of drug-likeness (QED) is 0.711. The molecule has 1 aromatic heterocycles. The molecule has 3 rings (SSSR count). The number of aromatic nitrogens is 1. The lowest BCUT2D eigenvalue weighted by atomic mass is 10.1. The summed E-state index contributed by atoms with van der Waals surface area (Å²) in [6, 6.07) is 13.6. The molecule has 0 unspecified atom stereocenters. The second-order valence-corrected chi connectivity index (χ2v) is 4.48. The Hall–Kier alpha value is -2.75. The van der Waals surface area contributed by atoms with E-state index >= 15 is 0 Å². The van der Waals surface area contributed by atoms with Gasteiger partial charge >= 0.3 is 0 Å². The summed E-state index contributed by atoms with van der Waals surface area (Å²) in [6.45, 7) is 0. The third-order valence-electron chi connectivity index (χ3n) is 3.20. The Kier molecular flexibility index (Phi) is 3.13. The zero-order valence-corrected chi connectivity index (χ0v) is 11.1. The van der Waals surface area contributed by atoms with Crippen LogP contribution in [0, 0.1) is 0 Å². The summed E-state index contributed by atoms with van der Waals surface area (Å²) in [5.41, 5.74) is 8.66. The standard InChI is InChI=1S/C16H15N3O/c1-20-12-4-2-3-11(9-12)19-16-6-5-15(17)14-10-18-8-7-13(14)16/h2-10,19H,17H2,1H3. The van der Waals surface area contributed by atoms with Crippen LogP contribution in [0.2, 0.25) is 0 Å². The third kappa shape index (κ3) is 2.23. The Balaban J connectivity index is 2.04. The number of nitrogens with two attached hydrogens (primary N) is 1. The van der Waals surface area contributed by atoms with Gasteiger partial charge in [-0.05, 0) is 30.3 Å². The maximum atomic E-state index is 5.98. The smallest absolute Gasteiger partial charge is 0.120 e. The van der Waals surface area contributed by atoms with Crippen LogP contribution in [0.1, 0.15) is 0 Å². The highest BCUT2D eigenvalue weighted by Crippen LogP contribution is 2.30. The van der Waals surface area contributed by atoms with Crippen LogP contribution in [0.15, 0.2) is 54.9 Å². The van der Waals surface area contributed by atoms with E-state index in [9.17, 15) is 0 Å².